The molecule has 82 valence electrons. The molecule has 1 fully saturated rings. The molecule has 1 aromatic carbocycles. The van der Waals surface area contributed by atoms with E-state index in [-0.39, 0.29) is 0 Å². The van der Waals surface area contributed by atoms with E-state index in [4.69, 9.17) is 26.8 Å². The van der Waals surface area contributed by atoms with E-state index in [0.717, 1.165) is 19.6 Å². The van der Waals surface area contributed by atoms with E-state index in [1.54, 1.807) is 18.2 Å². The fraction of sp³-hybridized carbons (Fsp3) is 0.455. The van der Waals surface area contributed by atoms with Crippen molar-refractivity contribution in [2.24, 2.45) is 5.92 Å². The second-order valence-corrected chi connectivity index (χ2v) is 4.16. The van der Waals surface area contributed by atoms with Crippen LogP contribution in [0, 0.1) is 5.92 Å². The Bertz CT molecular complexity index is 337. The number of nitrogen functional groups attached to an aromatic ring is 1. The Kier molecular flexibility index (Phi) is 3.34. The van der Waals surface area contributed by atoms with Gasteiger partial charge in [-0.15, -0.1) is 0 Å². The van der Waals surface area contributed by atoms with Crippen LogP contribution >= 0.6 is 11.6 Å². The van der Waals surface area contributed by atoms with Crippen molar-refractivity contribution in [1.82, 2.24) is 0 Å². The van der Waals surface area contributed by atoms with E-state index < -0.39 is 0 Å². The lowest BCUT2D eigenvalue weighted by Crippen LogP contribution is -2.12. The van der Waals surface area contributed by atoms with Crippen LogP contribution in [0.4, 0.5) is 5.69 Å². The molecule has 15 heavy (non-hydrogen) atoms. The minimum Gasteiger partial charge on any atom is -0.491 e. The van der Waals surface area contributed by atoms with Gasteiger partial charge in [0.15, 0.2) is 0 Å². The molecule has 1 aliphatic heterocycles. The van der Waals surface area contributed by atoms with Gasteiger partial charge in [-0.1, -0.05) is 11.6 Å². The van der Waals surface area contributed by atoms with Gasteiger partial charge in [-0.25, -0.2) is 0 Å². The maximum atomic E-state index is 5.79. The maximum absolute atomic E-state index is 5.79. The van der Waals surface area contributed by atoms with Crippen LogP contribution in [0.5, 0.6) is 5.75 Å². The molecule has 1 heterocycles. The van der Waals surface area contributed by atoms with E-state index >= 15 is 0 Å². The number of hydrogen-bond donors (Lipinski definition) is 1. The normalized spacial score (nSPS) is 20.5. The SMILES string of the molecule is Nc1cc(Cl)ccc1OC[C@@H]1CCOC1. The van der Waals surface area contributed by atoms with Crippen molar-refractivity contribution in [2.45, 2.75) is 6.42 Å². The van der Waals surface area contributed by atoms with Crippen LogP contribution in [0.1, 0.15) is 6.42 Å². The Morgan fingerprint density at radius 3 is 3.07 bits per heavy atom. The number of benzene rings is 1. The van der Waals surface area contributed by atoms with Gasteiger partial charge < -0.3 is 15.2 Å². The Balaban J connectivity index is 1.92. The lowest BCUT2D eigenvalue weighted by Gasteiger charge is -2.12. The van der Waals surface area contributed by atoms with Gasteiger partial charge in [0.05, 0.1) is 18.9 Å². The highest BCUT2D eigenvalue weighted by Gasteiger charge is 2.16. The van der Waals surface area contributed by atoms with Crippen LogP contribution in [0.2, 0.25) is 5.02 Å². The summed E-state index contributed by atoms with van der Waals surface area (Å²) in [7, 11) is 0. The van der Waals surface area contributed by atoms with Crippen molar-refractivity contribution in [3.63, 3.8) is 0 Å². The van der Waals surface area contributed by atoms with Crippen molar-refractivity contribution < 1.29 is 9.47 Å². The molecule has 0 saturated carbocycles. The number of halogens is 1. The summed E-state index contributed by atoms with van der Waals surface area (Å²) in [4.78, 5) is 0. The second kappa shape index (κ2) is 4.73. The van der Waals surface area contributed by atoms with Gasteiger partial charge in [0.1, 0.15) is 5.75 Å². The molecule has 0 unspecified atom stereocenters. The molecule has 3 nitrogen and oxygen atoms in total. The molecular weight excluding hydrogens is 214 g/mol. The first kappa shape index (κ1) is 10.6. The van der Waals surface area contributed by atoms with Gasteiger partial charge in [0.2, 0.25) is 0 Å². The summed E-state index contributed by atoms with van der Waals surface area (Å²) >= 11 is 5.79. The number of hydrogen-bond acceptors (Lipinski definition) is 3. The van der Waals surface area contributed by atoms with Crippen LogP contribution in [-0.2, 0) is 4.74 Å². The molecule has 0 aromatic heterocycles. The molecule has 1 atom stereocenters. The molecule has 1 saturated heterocycles. The first-order chi connectivity index (χ1) is 7.25. The van der Waals surface area contributed by atoms with Gasteiger partial charge in [-0.05, 0) is 24.6 Å². The van der Waals surface area contributed by atoms with Crippen LogP contribution in [0.3, 0.4) is 0 Å². The van der Waals surface area contributed by atoms with Crippen molar-refractivity contribution >= 4 is 17.3 Å². The molecule has 0 amide bonds. The predicted molar refractivity (Wildman–Crippen MR) is 60.3 cm³/mol. The van der Waals surface area contributed by atoms with Crippen LogP contribution in [-0.4, -0.2) is 19.8 Å². The van der Waals surface area contributed by atoms with Gasteiger partial charge in [-0.3, -0.25) is 0 Å². The van der Waals surface area contributed by atoms with Gasteiger partial charge >= 0.3 is 0 Å². The quantitative estimate of drug-likeness (QED) is 0.807. The van der Waals surface area contributed by atoms with Crippen molar-refractivity contribution in [3.8, 4) is 5.75 Å². The third-order valence-corrected chi connectivity index (χ3v) is 2.71. The Morgan fingerprint density at radius 2 is 2.40 bits per heavy atom. The fourth-order valence-corrected chi connectivity index (χ4v) is 1.75. The van der Waals surface area contributed by atoms with Crippen LogP contribution in [0.25, 0.3) is 0 Å². The van der Waals surface area contributed by atoms with Crippen molar-refractivity contribution in [3.05, 3.63) is 23.2 Å². The van der Waals surface area contributed by atoms with E-state index in [9.17, 15) is 0 Å². The smallest absolute Gasteiger partial charge is 0.142 e. The predicted octanol–water partition coefficient (Wildman–Crippen LogP) is 2.34. The first-order valence-electron chi connectivity index (χ1n) is 5.01. The topological polar surface area (TPSA) is 44.5 Å². The fourth-order valence-electron chi connectivity index (χ4n) is 1.57. The molecule has 0 aliphatic carbocycles. The number of rotatable bonds is 3. The Labute approximate surface area is 94.1 Å². The third-order valence-electron chi connectivity index (χ3n) is 2.47. The summed E-state index contributed by atoms with van der Waals surface area (Å²) < 4.78 is 10.9. The largest absolute Gasteiger partial charge is 0.491 e. The lowest BCUT2D eigenvalue weighted by molar-refractivity contribution is 0.167. The summed E-state index contributed by atoms with van der Waals surface area (Å²) in [6.07, 6.45) is 1.06. The molecule has 2 rings (SSSR count). The molecule has 2 N–H and O–H groups in total. The Hall–Kier alpha value is -0.930. The van der Waals surface area contributed by atoms with Gasteiger partial charge in [0, 0.05) is 17.5 Å². The van der Waals surface area contributed by atoms with Crippen LogP contribution in [0.15, 0.2) is 18.2 Å². The zero-order chi connectivity index (χ0) is 10.7. The standard InChI is InChI=1S/C11H14ClNO2/c12-9-1-2-11(10(13)5-9)15-7-8-3-4-14-6-8/h1-2,5,8H,3-4,6-7,13H2/t8-/m1/s1. The third kappa shape index (κ3) is 2.76. The molecule has 0 spiro atoms. The van der Waals surface area contributed by atoms with Gasteiger partial charge in [0.25, 0.3) is 0 Å². The van der Waals surface area contributed by atoms with E-state index in [1.807, 2.05) is 0 Å². The minimum atomic E-state index is 0.486. The molecule has 0 bridgehead atoms. The van der Waals surface area contributed by atoms with Gasteiger partial charge in [-0.2, -0.15) is 0 Å². The zero-order valence-corrected chi connectivity index (χ0v) is 9.17. The summed E-state index contributed by atoms with van der Waals surface area (Å²) in [5.74, 6) is 1.19. The average Bonchev–Trinajstić information content (AvgIpc) is 2.69. The minimum absolute atomic E-state index is 0.486. The van der Waals surface area contributed by atoms with E-state index in [1.165, 1.54) is 0 Å². The first-order valence-corrected chi connectivity index (χ1v) is 5.39. The van der Waals surface area contributed by atoms with Crippen LogP contribution < -0.4 is 10.5 Å². The Morgan fingerprint density at radius 1 is 1.53 bits per heavy atom. The highest BCUT2D eigenvalue weighted by atomic mass is 35.5. The average molecular weight is 228 g/mol. The summed E-state index contributed by atoms with van der Waals surface area (Å²) in [6, 6.07) is 5.27. The number of anilines is 1. The lowest BCUT2D eigenvalue weighted by atomic mass is 10.1. The highest BCUT2D eigenvalue weighted by Crippen LogP contribution is 2.26. The second-order valence-electron chi connectivity index (χ2n) is 3.72. The van der Waals surface area contributed by atoms with E-state index in [0.29, 0.717) is 29.0 Å². The number of nitrogens with two attached hydrogens (primary N) is 1. The zero-order valence-electron chi connectivity index (χ0n) is 8.41. The monoisotopic (exact) mass is 227 g/mol. The number of ether oxygens (including phenoxy) is 2. The molecule has 1 aliphatic rings. The van der Waals surface area contributed by atoms with Crippen molar-refractivity contribution in [1.29, 1.82) is 0 Å². The molecule has 1 aromatic rings. The maximum Gasteiger partial charge on any atom is 0.142 e. The summed E-state index contributed by atoms with van der Waals surface area (Å²) in [5.41, 5.74) is 6.35. The molecule has 0 radical (unpaired) electrons. The highest BCUT2D eigenvalue weighted by molar-refractivity contribution is 6.30. The summed E-state index contributed by atoms with van der Waals surface area (Å²) in [6.45, 7) is 2.28. The molecule has 4 heteroatoms. The van der Waals surface area contributed by atoms with E-state index in [2.05, 4.69) is 0 Å². The summed E-state index contributed by atoms with van der Waals surface area (Å²) in [5, 5.41) is 0.629. The molecular formula is C11H14ClNO2. The van der Waals surface area contributed by atoms with Crippen molar-refractivity contribution in [2.75, 3.05) is 25.6 Å².